The lowest BCUT2D eigenvalue weighted by atomic mass is 10.0. The van der Waals surface area contributed by atoms with E-state index in [-0.39, 0.29) is 12.1 Å². The van der Waals surface area contributed by atoms with E-state index in [9.17, 15) is 4.79 Å². The summed E-state index contributed by atoms with van der Waals surface area (Å²) in [4.78, 5) is 11.6. The van der Waals surface area contributed by atoms with Gasteiger partial charge in [-0.1, -0.05) is 12.2 Å². The van der Waals surface area contributed by atoms with E-state index in [1.54, 1.807) is 19.2 Å². The first-order valence-electron chi connectivity index (χ1n) is 5.26. The van der Waals surface area contributed by atoms with Gasteiger partial charge in [-0.05, 0) is 25.1 Å². The standard InChI is InChI=1S/C13H14O3/c1-3-4-5-12-11-8-9(15-2)6-7-10(11)13(14)16-12/h3-4,6-8,12H,5H2,1-2H3/b4-3-. The van der Waals surface area contributed by atoms with E-state index >= 15 is 0 Å². The molecule has 1 atom stereocenters. The summed E-state index contributed by atoms with van der Waals surface area (Å²) in [6.45, 7) is 1.95. The third-order valence-electron chi connectivity index (χ3n) is 2.66. The van der Waals surface area contributed by atoms with Crippen molar-refractivity contribution < 1.29 is 14.3 Å². The first-order valence-corrected chi connectivity index (χ1v) is 5.26. The van der Waals surface area contributed by atoms with Gasteiger partial charge in [0.05, 0.1) is 12.7 Å². The number of benzene rings is 1. The van der Waals surface area contributed by atoms with Crippen LogP contribution in [0.4, 0.5) is 0 Å². The molecule has 0 spiro atoms. The van der Waals surface area contributed by atoms with E-state index < -0.39 is 0 Å². The molecule has 16 heavy (non-hydrogen) atoms. The van der Waals surface area contributed by atoms with Crippen molar-refractivity contribution in [1.82, 2.24) is 0 Å². The van der Waals surface area contributed by atoms with E-state index in [2.05, 4.69) is 0 Å². The number of carbonyl (C=O) groups is 1. The van der Waals surface area contributed by atoms with Crippen LogP contribution < -0.4 is 4.74 Å². The zero-order chi connectivity index (χ0) is 11.5. The molecule has 0 radical (unpaired) electrons. The molecule has 1 aromatic carbocycles. The highest BCUT2D eigenvalue weighted by Gasteiger charge is 2.30. The Balaban J connectivity index is 2.34. The Hall–Kier alpha value is -1.77. The van der Waals surface area contributed by atoms with Crippen LogP contribution >= 0.6 is 0 Å². The number of rotatable bonds is 3. The molecule has 3 heteroatoms. The van der Waals surface area contributed by atoms with Gasteiger partial charge in [-0.25, -0.2) is 4.79 Å². The number of esters is 1. The van der Waals surface area contributed by atoms with Crippen LogP contribution in [0.5, 0.6) is 5.75 Å². The lowest BCUT2D eigenvalue weighted by Crippen LogP contribution is -1.96. The first kappa shape index (κ1) is 10.7. The summed E-state index contributed by atoms with van der Waals surface area (Å²) in [7, 11) is 1.61. The molecule has 1 unspecified atom stereocenters. The van der Waals surface area contributed by atoms with Gasteiger partial charge in [0.25, 0.3) is 0 Å². The molecule has 0 aliphatic carbocycles. The number of allylic oxidation sites excluding steroid dienone is 1. The molecule has 0 aromatic heterocycles. The second kappa shape index (κ2) is 4.39. The highest BCUT2D eigenvalue weighted by atomic mass is 16.5. The van der Waals surface area contributed by atoms with Gasteiger partial charge in [-0.2, -0.15) is 0 Å². The molecule has 1 aliphatic heterocycles. The first-order chi connectivity index (χ1) is 7.76. The zero-order valence-corrected chi connectivity index (χ0v) is 9.40. The Morgan fingerprint density at radius 2 is 2.31 bits per heavy atom. The van der Waals surface area contributed by atoms with Crippen molar-refractivity contribution in [3.05, 3.63) is 41.5 Å². The summed E-state index contributed by atoms with van der Waals surface area (Å²) in [5.41, 5.74) is 1.57. The monoisotopic (exact) mass is 218 g/mol. The van der Waals surface area contributed by atoms with Crippen molar-refractivity contribution in [1.29, 1.82) is 0 Å². The molecule has 2 rings (SSSR count). The molecule has 84 valence electrons. The van der Waals surface area contributed by atoms with Crippen molar-refractivity contribution >= 4 is 5.97 Å². The number of hydrogen-bond acceptors (Lipinski definition) is 3. The third-order valence-corrected chi connectivity index (χ3v) is 2.66. The van der Waals surface area contributed by atoms with E-state index in [4.69, 9.17) is 9.47 Å². The van der Waals surface area contributed by atoms with Crippen LogP contribution in [0.15, 0.2) is 30.4 Å². The molecule has 1 heterocycles. The van der Waals surface area contributed by atoms with Gasteiger partial charge in [0.2, 0.25) is 0 Å². The number of methoxy groups -OCH3 is 1. The largest absolute Gasteiger partial charge is 0.497 e. The number of carbonyl (C=O) groups excluding carboxylic acids is 1. The lowest BCUT2D eigenvalue weighted by molar-refractivity contribution is 0.0392. The Morgan fingerprint density at radius 1 is 1.50 bits per heavy atom. The Bertz CT molecular complexity index is 435. The maximum absolute atomic E-state index is 11.6. The van der Waals surface area contributed by atoms with E-state index in [0.717, 1.165) is 11.3 Å². The molecule has 3 nitrogen and oxygen atoms in total. The quantitative estimate of drug-likeness (QED) is 0.578. The van der Waals surface area contributed by atoms with Gasteiger partial charge in [0.15, 0.2) is 0 Å². The lowest BCUT2D eigenvalue weighted by Gasteiger charge is -2.08. The fourth-order valence-corrected chi connectivity index (χ4v) is 1.81. The molecule has 0 N–H and O–H groups in total. The molecule has 1 aromatic rings. The van der Waals surface area contributed by atoms with Crippen LogP contribution in [0.3, 0.4) is 0 Å². The second-order valence-electron chi connectivity index (χ2n) is 3.65. The fraction of sp³-hybridized carbons (Fsp3) is 0.308. The minimum absolute atomic E-state index is 0.172. The van der Waals surface area contributed by atoms with E-state index in [0.29, 0.717) is 12.0 Å². The highest BCUT2D eigenvalue weighted by Crippen LogP contribution is 2.35. The normalized spacial score (nSPS) is 18.6. The maximum atomic E-state index is 11.6. The van der Waals surface area contributed by atoms with Crippen molar-refractivity contribution in [2.24, 2.45) is 0 Å². The molecular formula is C13H14O3. The van der Waals surface area contributed by atoms with Gasteiger partial charge in [-0.3, -0.25) is 0 Å². The fourth-order valence-electron chi connectivity index (χ4n) is 1.81. The summed E-state index contributed by atoms with van der Waals surface area (Å²) < 4.78 is 10.4. The van der Waals surface area contributed by atoms with Gasteiger partial charge in [0, 0.05) is 12.0 Å². The van der Waals surface area contributed by atoms with E-state index in [1.807, 2.05) is 25.1 Å². The zero-order valence-electron chi connectivity index (χ0n) is 9.40. The van der Waals surface area contributed by atoms with Crippen LogP contribution in [0.25, 0.3) is 0 Å². The summed E-state index contributed by atoms with van der Waals surface area (Å²) >= 11 is 0. The SMILES string of the molecule is C/C=C\CC1OC(=O)c2ccc(OC)cc21. The summed E-state index contributed by atoms with van der Waals surface area (Å²) in [5.74, 6) is 0.509. The number of hydrogen-bond donors (Lipinski definition) is 0. The minimum Gasteiger partial charge on any atom is -0.497 e. The molecule has 0 saturated carbocycles. The molecule has 0 bridgehead atoms. The Kier molecular flexibility index (Phi) is 2.95. The number of cyclic esters (lactones) is 1. The summed E-state index contributed by atoms with van der Waals surface area (Å²) in [6, 6.07) is 5.40. The average molecular weight is 218 g/mol. The van der Waals surface area contributed by atoms with Crippen molar-refractivity contribution in [2.75, 3.05) is 7.11 Å². The van der Waals surface area contributed by atoms with Gasteiger partial charge in [0.1, 0.15) is 11.9 Å². The maximum Gasteiger partial charge on any atom is 0.339 e. The summed E-state index contributed by atoms with van der Waals surface area (Å²) in [6.07, 6.45) is 4.48. The highest BCUT2D eigenvalue weighted by molar-refractivity contribution is 5.94. The van der Waals surface area contributed by atoms with E-state index in [1.165, 1.54) is 0 Å². The van der Waals surface area contributed by atoms with Gasteiger partial charge < -0.3 is 9.47 Å². The predicted octanol–water partition coefficient (Wildman–Crippen LogP) is 2.87. The van der Waals surface area contributed by atoms with Gasteiger partial charge in [-0.15, -0.1) is 0 Å². The number of ether oxygens (including phenoxy) is 2. The molecule has 0 saturated heterocycles. The predicted molar refractivity (Wildman–Crippen MR) is 60.6 cm³/mol. The topological polar surface area (TPSA) is 35.5 Å². The number of fused-ring (bicyclic) bond motifs is 1. The average Bonchev–Trinajstić information content (AvgIpc) is 2.63. The minimum atomic E-state index is -0.243. The molecular weight excluding hydrogens is 204 g/mol. The Morgan fingerprint density at radius 3 is 3.00 bits per heavy atom. The van der Waals surface area contributed by atoms with Crippen LogP contribution in [0.2, 0.25) is 0 Å². The molecule has 0 amide bonds. The van der Waals surface area contributed by atoms with Crippen LogP contribution in [-0.2, 0) is 4.74 Å². The van der Waals surface area contributed by atoms with Crippen molar-refractivity contribution in [3.8, 4) is 5.75 Å². The smallest absolute Gasteiger partial charge is 0.339 e. The van der Waals surface area contributed by atoms with Crippen LogP contribution in [0, 0.1) is 0 Å². The molecule has 1 aliphatic rings. The second-order valence-corrected chi connectivity index (χ2v) is 3.65. The van der Waals surface area contributed by atoms with Gasteiger partial charge >= 0.3 is 5.97 Å². The molecule has 0 fully saturated rings. The third kappa shape index (κ3) is 1.81. The van der Waals surface area contributed by atoms with Crippen molar-refractivity contribution in [2.45, 2.75) is 19.4 Å². The summed E-state index contributed by atoms with van der Waals surface area (Å²) in [5, 5.41) is 0. The van der Waals surface area contributed by atoms with Crippen LogP contribution in [-0.4, -0.2) is 13.1 Å². The Labute approximate surface area is 94.7 Å². The van der Waals surface area contributed by atoms with Crippen LogP contribution in [0.1, 0.15) is 35.4 Å². The van der Waals surface area contributed by atoms with Crippen molar-refractivity contribution in [3.63, 3.8) is 0 Å².